The molecule has 25 heavy (non-hydrogen) atoms. The first-order chi connectivity index (χ1) is 12.1. The number of ether oxygens (including phenoxy) is 1. The fourth-order valence-electron chi connectivity index (χ4n) is 1.74. The minimum atomic E-state index is -0.803. The third-order valence-electron chi connectivity index (χ3n) is 2.91. The zero-order chi connectivity index (χ0) is 18.5. The second-order valence-corrected chi connectivity index (χ2v) is 5.15. The molecule has 132 valence electrons. The van der Waals surface area contributed by atoms with E-state index < -0.39 is 5.97 Å². The van der Waals surface area contributed by atoms with E-state index in [0.717, 1.165) is 16.9 Å². The number of nitrogens with one attached hydrogen (secondary N) is 2. The Kier molecular flexibility index (Phi) is 9.32. The molecule has 0 amide bonds. The average molecular weight is 359 g/mol. The van der Waals surface area contributed by atoms with Crippen molar-refractivity contribution >= 4 is 41.0 Å². The number of nitrogen functional groups attached to an aromatic ring is 1. The third-order valence-corrected chi connectivity index (χ3v) is 3.16. The van der Waals surface area contributed by atoms with Crippen LogP contribution in [0.25, 0.3) is 0 Å². The van der Waals surface area contributed by atoms with Crippen molar-refractivity contribution in [3.63, 3.8) is 0 Å². The molecule has 2 rings (SSSR count). The Bertz CT molecular complexity index is 693. The monoisotopic (exact) mass is 359 g/mol. The fourth-order valence-corrected chi connectivity index (χ4v) is 1.93. The number of esters is 1. The smallest absolute Gasteiger partial charge is 0.371 e. The van der Waals surface area contributed by atoms with Crippen molar-refractivity contribution in [2.75, 3.05) is 17.7 Å². The van der Waals surface area contributed by atoms with Crippen LogP contribution >= 0.6 is 12.2 Å². The van der Waals surface area contributed by atoms with Crippen molar-refractivity contribution in [3.8, 4) is 0 Å². The van der Waals surface area contributed by atoms with Gasteiger partial charge in [0.05, 0.1) is 6.61 Å². The highest BCUT2D eigenvalue weighted by molar-refractivity contribution is 7.80. The lowest BCUT2D eigenvalue weighted by Gasteiger charge is -2.11. The topological polar surface area (TPSA) is 93.5 Å². The number of benzene rings is 2. The highest BCUT2D eigenvalue weighted by Crippen LogP contribution is 2.10. The maximum atomic E-state index is 9.82. The van der Waals surface area contributed by atoms with E-state index in [4.69, 9.17) is 18.0 Å². The quantitative estimate of drug-likeness (QED) is 0.248. The molecule has 0 aliphatic carbocycles. The summed E-state index contributed by atoms with van der Waals surface area (Å²) in [5, 5.41) is 6.83. The van der Waals surface area contributed by atoms with Crippen molar-refractivity contribution in [1.82, 2.24) is 5.32 Å². The minimum absolute atomic E-state index is 0.142. The number of anilines is 2. The molecule has 2 aromatic rings. The Hall–Kier alpha value is -2.93. The van der Waals surface area contributed by atoms with Crippen LogP contribution in [0, 0.1) is 0 Å². The number of nitrogens with two attached hydrogens (primary N) is 1. The van der Waals surface area contributed by atoms with Gasteiger partial charge < -0.3 is 21.1 Å². The number of hydrogen-bond donors (Lipinski definition) is 3. The third kappa shape index (κ3) is 8.47. The summed E-state index contributed by atoms with van der Waals surface area (Å²) in [5.74, 6) is -0.803. The molecule has 0 unspecified atom stereocenters. The molecule has 0 aliphatic heterocycles. The van der Waals surface area contributed by atoms with E-state index in [1.54, 1.807) is 6.92 Å². The van der Waals surface area contributed by atoms with Crippen LogP contribution in [0.3, 0.4) is 0 Å². The van der Waals surface area contributed by atoms with Gasteiger partial charge in [-0.15, -0.1) is 0 Å². The second-order valence-electron chi connectivity index (χ2n) is 4.74. The van der Waals surface area contributed by atoms with Gasteiger partial charge in [0.2, 0.25) is 6.29 Å². The van der Waals surface area contributed by atoms with E-state index in [-0.39, 0.29) is 12.9 Å². The van der Waals surface area contributed by atoms with Gasteiger partial charge in [0, 0.05) is 17.9 Å². The molecular formula is C18H21N3O3S. The number of aldehydes is 1. The molecule has 0 bridgehead atoms. The molecule has 0 saturated heterocycles. The second kappa shape index (κ2) is 11.6. The van der Waals surface area contributed by atoms with Gasteiger partial charge in [-0.3, -0.25) is 4.79 Å². The van der Waals surface area contributed by atoms with Gasteiger partial charge >= 0.3 is 5.97 Å². The van der Waals surface area contributed by atoms with Crippen LogP contribution in [0.15, 0.2) is 54.6 Å². The molecule has 0 aliphatic rings. The normalized spacial score (nSPS) is 9.16. The van der Waals surface area contributed by atoms with Gasteiger partial charge in [0.25, 0.3) is 0 Å². The van der Waals surface area contributed by atoms with Crippen LogP contribution in [-0.2, 0) is 20.9 Å². The highest BCUT2D eigenvalue weighted by atomic mass is 32.1. The predicted molar refractivity (Wildman–Crippen MR) is 103 cm³/mol. The number of thiocarbonyl (C=S) groups is 1. The standard InChI is InChI=1S/C14H15N3S.C4H6O3/c15-13-9-5-4-6-11(13)10-16-14(18)17-12-7-2-1-3-8-12;1-2-7-4(6)3-5/h1-9H,10,15H2,(H2,16,17,18);3H,2H2,1H3. The average Bonchev–Trinajstić information content (AvgIpc) is 2.62. The summed E-state index contributed by atoms with van der Waals surface area (Å²) >= 11 is 5.22. The Balaban J connectivity index is 0.000000381. The lowest BCUT2D eigenvalue weighted by molar-refractivity contribution is -0.148. The van der Waals surface area contributed by atoms with Crippen LogP contribution in [0.1, 0.15) is 12.5 Å². The first-order valence-electron chi connectivity index (χ1n) is 7.62. The summed E-state index contributed by atoms with van der Waals surface area (Å²) in [7, 11) is 0. The summed E-state index contributed by atoms with van der Waals surface area (Å²) in [4.78, 5) is 19.2. The number of hydrogen-bond acceptors (Lipinski definition) is 5. The molecule has 0 heterocycles. The number of carbonyl (C=O) groups excluding carboxylic acids is 2. The molecule has 4 N–H and O–H groups in total. The summed E-state index contributed by atoms with van der Waals surface area (Å²) in [5.41, 5.74) is 8.63. The van der Waals surface area contributed by atoms with Crippen LogP contribution < -0.4 is 16.4 Å². The Morgan fingerprint density at radius 1 is 1.16 bits per heavy atom. The maximum Gasteiger partial charge on any atom is 0.371 e. The molecule has 0 spiro atoms. The Labute approximate surface area is 152 Å². The lowest BCUT2D eigenvalue weighted by Crippen LogP contribution is -2.28. The Morgan fingerprint density at radius 2 is 1.80 bits per heavy atom. The zero-order valence-electron chi connectivity index (χ0n) is 13.9. The largest absolute Gasteiger partial charge is 0.460 e. The van der Waals surface area contributed by atoms with Crippen molar-refractivity contribution < 1.29 is 14.3 Å². The molecule has 0 aromatic heterocycles. The van der Waals surface area contributed by atoms with E-state index >= 15 is 0 Å². The van der Waals surface area contributed by atoms with Gasteiger partial charge in [-0.2, -0.15) is 0 Å². The van der Waals surface area contributed by atoms with Gasteiger partial charge in [-0.25, -0.2) is 4.79 Å². The van der Waals surface area contributed by atoms with Crippen molar-refractivity contribution in [2.45, 2.75) is 13.5 Å². The van der Waals surface area contributed by atoms with E-state index in [1.165, 1.54) is 0 Å². The summed E-state index contributed by atoms with van der Waals surface area (Å²) < 4.78 is 4.18. The van der Waals surface area contributed by atoms with E-state index in [2.05, 4.69) is 15.4 Å². The van der Waals surface area contributed by atoms with Gasteiger partial charge in [0.1, 0.15) is 0 Å². The molecule has 0 radical (unpaired) electrons. The molecule has 2 aromatic carbocycles. The van der Waals surface area contributed by atoms with Crippen LogP contribution in [0.5, 0.6) is 0 Å². The predicted octanol–water partition coefficient (Wildman–Crippen LogP) is 2.50. The first-order valence-corrected chi connectivity index (χ1v) is 8.02. The molecule has 0 atom stereocenters. The summed E-state index contributed by atoms with van der Waals surface area (Å²) in [6, 6.07) is 17.5. The molecular weight excluding hydrogens is 338 g/mol. The lowest BCUT2D eigenvalue weighted by atomic mass is 10.2. The van der Waals surface area contributed by atoms with E-state index in [9.17, 15) is 9.59 Å². The SMILES string of the molecule is CCOC(=O)C=O.Nc1ccccc1CNC(=S)Nc1ccccc1. The van der Waals surface area contributed by atoms with Gasteiger partial charge in [-0.1, -0.05) is 36.4 Å². The van der Waals surface area contributed by atoms with Crippen LogP contribution in [0.2, 0.25) is 0 Å². The number of carbonyl (C=O) groups is 2. The van der Waals surface area contributed by atoms with E-state index in [0.29, 0.717) is 11.7 Å². The van der Waals surface area contributed by atoms with Crippen LogP contribution in [-0.4, -0.2) is 24.0 Å². The van der Waals surface area contributed by atoms with E-state index in [1.807, 2.05) is 54.6 Å². The first kappa shape index (κ1) is 20.1. The van der Waals surface area contributed by atoms with Gasteiger partial charge in [-0.05, 0) is 42.9 Å². The van der Waals surface area contributed by atoms with Crippen LogP contribution in [0.4, 0.5) is 11.4 Å². The Morgan fingerprint density at radius 3 is 2.36 bits per heavy atom. The molecule has 6 nitrogen and oxygen atoms in total. The number of rotatable bonds is 5. The highest BCUT2D eigenvalue weighted by Gasteiger charge is 2.00. The zero-order valence-corrected chi connectivity index (χ0v) is 14.7. The summed E-state index contributed by atoms with van der Waals surface area (Å²) in [6.07, 6.45) is 0.142. The number of para-hydroxylation sites is 2. The van der Waals surface area contributed by atoms with Gasteiger partial charge in [0.15, 0.2) is 5.11 Å². The molecule has 7 heteroatoms. The summed E-state index contributed by atoms with van der Waals surface area (Å²) in [6.45, 7) is 2.52. The van der Waals surface area contributed by atoms with Crippen molar-refractivity contribution in [1.29, 1.82) is 0 Å². The van der Waals surface area contributed by atoms with Crippen molar-refractivity contribution in [2.24, 2.45) is 0 Å². The molecule has 0 fully saturated rings. The molecule has 0 saturated carbocycles. The minimum Gasteiger partial charge on any atom is -0.460 e. The fraction of sp³-hybridized carbons (Fsp3) is 0.167. The van der Waals surface area contributed by atoms with Crippen molar-refractivity contribution in [3.05, 3.63) is 60.2 Å². The maximum absolute atomic E-state index is 9.82.